The monoisotopic (exact) mass is 264 g/mol. The van der Waals surface area contributed by atoms with Crippen molar-refractivity contribution < 1.29 is 5.11 Å². The third kappa shape index (κ3) is 1.87. The third-order valence-corrected chi connectivity index (χ3v) is 2.83. The molecule has 0 amide bonds. The molecule has 6 nitrogen and oxygen atoms in total. The lowest BCUT2D eigenvalue weighted by atomic mass is 10.2. The SMILES string of the molecule is N#Cc1cnc(-c2nc3ccccc3c(=O)[nH]2)c(O)c1. The number of aromatic nitrogens is 3. The largest absolute Gasteiger partial charge is 0.505 e. The van der Waals surface area contributed by atoms with Crippen LogP contribution in [0, 0.1) is 11.3 Å². The lowest BCUT2D eigenvalue weighted by Crippen LogP contribution is -2.10. The van der Waals surface area contributed by atoms with Crippen molar-refractivity contribution in [2.75, 3.05) is 0 Å². The Morgan fingerprint density at radius 2 is 2.10 bits per heavy atom. The Labute approximate surface area is 113 Å². The number of benzene rings is 1. The molecule has 3 aromatic rings. The Bertz CT molecular complexity index is 909. The van der Waals surface area contributed by atoms with Gasteiger partial charge in [0.2, 0.25) is 0 Å². The van der Waals surface area contributed by atoms with Crippen molar-refractivity contribution in [1.29, 1.82) is 5.26 Å². The Balaban J connectivity index is 2.25. The Kier molecular flexibility index (Phi) is 2.66. The molecule has 2 heterocycles. The molecule has 0 saturated heterocycles. The highest BCUT2D eigenvalue weighted by molar-refractivity contribution is 5.79. The first-order valence-electron chi connectivity index (χ1n) is 5.77. The number of hydrogen-bond donors (Lipinski definition) is 2. The Hall–Kier alpha value is -3.20. The van der Waals surface area contributed by atoms with Crippen LogP contribution in [0.3, 0.4) is 0 Å². The first-order chi connectivity index (χ1) is 9.69. The van der Waals surface area contributed by atoms with Crippen LogP contribution in [0.5, 0.6) is 5.75 Å². The summed E-state index contributed by atoms with van der Waals surface area (Å²) in [6.45, 7) is 0. The maximum atomic E-state index is 11.9. The fourth-order valence-corrected chi connectivity index (χ4v) is 1.90. The van der Waals surface area contributed by atoms with Crippen molar-refractivity contribution in [3.05, 3.63) is 52.4 Å². The summed E-state index contributed by atoms with van der Waals surface area (Å²) in [5, 5.41) is 19.1. The number of nitrogens with one attached hydrogen (secondary N) is 1. The van der Waals surface area contributed by atoms with E-state index in [0.29, 0.717) is 10.9 Å². The number of nitriles is 1. The van der Waals surface area contributed by atoms with E-state index in [4.69, 9.17) is 5.26 Å². The maximum absolute atomic E-state index is 11.9. The zero-order valence-corrected chi connectivity index (χ0v) is 10.2. The van der Waals surface area contributed by atoms with Gasteiger partial charge >= 0.3 is 0 Å². The molecule has 0 atom stereocenters. The second-order valence-corrected chi connectivity index (χ2v) is 4.14. The molecule has 0 unspecified atom stereocenters. The van der Waals surface area contributed by atoms with Gasteiger partial charge in [0.25, 0.3) is 5.56 Å². The van der Waals surface area contributed by atoms with E-state index in [0.717, 1.165) is 0 Å². The number of aromatic hydroxyl groups is 1. The minimum absolute atomic E-state index is 0.131. The summed E-state index contributed by atoms with van der Waals surface area (Å²) in [5.41, 5.74) is 0.564. The van der Waals surface area contributed by atoms with Gasteiger partial charge in [-0.15, -0.1) is 0 Å². The second kappa shape index (κ2) is 4.48. The molecule has 2 aromatic heterocycles. The number of pyridine rings is 1. The van der Waals surface area contributed by atoms with Gasteiger partial charge in [-0.2, -0.15) is 5.26 Å². The highest BCUT2D eigenvalue weighted by Gasteiger charge is 2.11. The molecule has 6 heteroatoms. The van der Waals surface area contributed by atoms with Crippen molar-refractivity contribution in [3.8, 4) is 23.3 Å². The number of fused-ring (bicyclic) bond motifs is 1. The minimum atomic E-state index is -0.309. The van der Waals surface area contributed by atoms with Gasteiger partial charge in [-0.3, -0.25) is 4.79 Å². The molecule has 20 heavy (non-hydrogen) atoms. The van der Waals surface area contributed by atoms with Crippen molar-refractivity contribution >= 4 is 10.9 Å². The average Bonchev–Trinajstić information content (AvgIpc) is 2.47. The van der Waals surface area contributed by atoms with Crippen LogP contribution in [0.15, 0.2) is 41.3 Å². The molecule has 96 valence electrons. The summed E-state index contributed by atoms with van der Waals surface area (Å²) >= 11 is 0. The maximum Gasteiger partial charge on any atom is 0.259 e. The highest BCUT2D eigenvalue weighted by Crippen LogP contribution is 2.24. The van der Waals surface area contributed by atoms with Crippen LogP contribution >= 0.6 is 0 Å². The van der Waals surface area contributed by atoms with E-state index < -0.39 is 0 Å². The molecule has 0 aliphatic carbocycles. The predicted octanol–water partition coefficient (Wildman–Crippen LogP) is 1.56. The van der Waals surface area contributed by atoms with E-state index >= 15 is 0 Å². The van der Waals surface area contributed by atoms with Crippen LogP contribution in [0.25, 0.3) is 22.4 Å². The fourth-order valence-electron chi connectivity index (χ4n) is 1.90. The van der Waals surface area contributed by atoms with Gasteiger partial charge in [-0.25, -0.2) is 9.97 Å². The standard InChI is InChI=1S/C14H8N4O2/c15-6-8-5-11(19)12(16-7-8)13-17-10-4-2-1-3-9(10)14(20)18-13/h1-5,7,19H,(H,17,18,20). The normalized spacial score (nSPS) is 10.3. The van der Waals surface area contributed by atoms with Crippen molar-refractivity contribution in [2.24, 2.45) is 0 Å². The first-order valence-corrected chi connectivity index (χ1v) is 5.77. The van der Waals surface area contributed by atoms with Gasteiger partial charge in [-0.1, -0.05) is 12.1 Å². The molecule has 0 aliphatic heterocycles. The van der Waals surface area contributed by atoms with Crippen LogP contribution in [0.2, 0.25) is 0 Å². The van der Waals surface area contributed by atoms with Gasteiger partial charge in [0.15, 0.2) is 5.82 Å². The van der Waals surface area contributed by atoms with Crippen molar-refractivity contribution in [2.45, 2.75) is 0 Å². The van der Waals surface area contributed by atoms with Crippen molar-refractivity contribution in [1.82, 2.24) is 15.0 Å². The number of H-pyrrole nitrogens is 1. The van der Waals surface area contributed by atoms with E-state index in [1.54, 1.807) is 24.3 Å². The quantitative estimate of drug-likeness (QED) is 0.694. The smallest absolute Gasteiger partial charge is 0.259 e. The summed E-state index contributed by atoms with van der Waals surface area (Å²) in [4.78, 5) is 22.7. The predicted molar refractivity (Wildman–Crippen MR) is 72.0 cm³/mol. The number of rotatable bonds is 1. The molecular formula is C14H8N4O2. The van der Waals surface area contributed by atoms with E-state index in [1.165, 1.54) is 12.3 Å². The number of aromatic amines is 1. The minimum Gasteiger partial charge on any atom is -0.505 e. The summed E-state index contributed by atoms with van der Waals surface area (Å²) in [5.74, 6) is -0.0434. The number of para-hydroxylation sites is 1. The lowest BCUT2D eigenvalue weighted by Gasteiger charge is -2.04. The lowest BCUT2D eigenvalue weighted by molar-refractivity contribution is 0.474. The van der Waals surface area contributed by atoms with Crippen LogP contribution in [-0.2, 0) is 0 Å². The molecule has 1 aromatic carbocycles. The Morgan fingerprint density at radius 1 is 1.30 bits per heavy atom. The van der Waals surface area contributed by atoms with Crippen LogP contribution in [0.1, 0.15) is 5.56 Å². The zero-order valence-electron chi connectivity index (χ0n) is 10.2. The molecule has 3 rings (SSSR count). The summed E-state index contributed by atoms with van der Waals surface area (Å²) in [6.07, 6.45) is 1.31. The average molecular weight is 264 g/mol. The number of hydrogen-bond acceptors (Lipinski definition) is 5. The molecule has 0 spiro atoms. The second-order valence-electron chi connectivity index (χ2n) is 4.14. The van der Waals surface area contributed by atoms with Gasteiger partial charge < -0.3 is 10.1 Å². The van der Waals surface area contributed by atoms with E-state index in [1.807, 2.05) is 6.07 Å². The van der Waals surface area contributed by atoms with E-state index in [2.05, 4.69) is 15.0 Å². The number of nitrogens with zero attached hydrogens (tertiary/aromatic N) is 3. The van der Waals surface area contributed by atoms with Crippen LogP contribution < -0.4 is 5.56 Å². The fraction of sp³-hybridized carbons (Fsp3) is 0. The molecular weight excluding hydrogens is 256 g/mol. The molecule has 0 fully saturated rings. The van der Waals surface area contributed by atoms with Gasteiger partial charge in [-0.05, 0) is 12.1 Å². The van der Waals surface area contributed by atoms with E-state index in [-0.39, 0.29) is 28.4 Å². The summed E-state index contributed by atoms with van der Waals surface area (Å²) in [6, 6.07) is 10.0. The van der Waals surface area contributed by atoms with Gasteiger partial charge in [0, 0.05) is 12.3 Å². The van der Waals surface area contributed by atoms with Crippen LogP contribution in [-0.4, -0.2) is 20.1 Å². The summed E-state index contributed by atoms with van der Waals surface area (Å²) in [7, 11) is 0. The van der Waals surface area contributed by atoms with E-state index in [9.17, 15) is 9.90 Å². The molecule has 0 saturated carbocycles. The molecule has 0 radical (unpaired) electrons. The van der Waals surface area contributed by atoms with Gasteiger partial charge in [0.05, 0.1) is 16.5 Å². The topological polar surface area (TPSA) is 103 Å². The Morgan fingerprint density at radius 3 is 2.85 bits per heavy atom. The van der Waals surface area contributed by atoms with Crippen LogP contribution in [0.4, 0.5) is 0 Å². The molecule has 0 aliphatic rings. The highest BCUT2D eigenvalue weighted by atomic mass is 16.3. The summed E-state index contributed by atoms with van der Waals surface area (Å²) < 4.78 is 0. The zero-order chi connectivity index (χ0) is 14.1. The third-order valence-electron chi connectivity index (χ3n) is 2.83. The van der Waals surface area contributed by atoms with Gasteiger partial charge in [0.1, 0.15) is 17.5 Å². The van der Waals surface area contributed by atoms with Crippen molar-refractivity contribution in [3.63, 3.8) is 0 Å². The molecule has 2 N–H and O–H groups in total. The first kappa shape index (κ1) is 11.9. The molecule has 0 bridgehead atoms.